The molecule has 17 heavy (non-hydrogen) atoms. The zero-order valence-corrected chi connectivity index (χ0v) is 9.93. The summed E-state index contributed by atoms with van der Waals surface area (Å²) in [6.07, 6.45) is 0. The second-order valence-corrected chi connectivity index (χ2v) is 4.04. The lowest BCUT2D eigenvalue weighted by atomic mass is 10.3. The van der Waals surface area contributed by atoms with Crippen LogP contribution in [0.2, 0.25) is 0 Å². The van der Waals surface area contributed by atoms with Gasteiger partial charge < -0.3 is 9.80 Å². The van der Waals surface area contributed by atoms with Gasteiger partial charge in [-0.3, -0.25) is 4.79 Å². The molecule has 1 aliphatic rings. The summed E-state index contributed by atoms with van der Waals surface area (Å²) in [5, 5.41) is 6.18. The Balaban J connectivity index is 2.13. The first-order valence-electron chi connectivity index (χ1n) is 5.51. The van der Waals surface area contributed by atoms with Gasteiger partial charge in [0.05, 0.1) is 0 Å². The van der Waals surface area contributed by atoms with Crippen molar-refractivity contribution >= 4 is 11.7 Å². The molecule has 1 fully saturated rings. The number of anilines is 1. The van der Waals surface area contributed by atoms with Crippen LogP contribution in [-0.2, 0) is 4.79 Å². The fraction of sp³-hybridized carbons (Fsp3) is 0.600. The molecule has 7 nitrogen and oxygen atoms in total. The van der Waals surface area contributed by atoms with Gasteiger partial charge in [0, 0.05) is 33.1 Å². The average molecular weight is 237 g/mol. The van der Waals surface area contributed by atoms with Gasteiger partial charge in [0.15, 0.2) is 5.82 Å². The molecule has 0 unspecified atom stereocenters. The Labute approximate surface area is 98.5 Å². The monoisotopic (exact) mass is 237 g/mol. The molecule has 1 aromatic heterocycles. The third-order valence-electron chi connectivity index (χ3n) is 2.87. The highest BCUT2D eigenvalue weighted by Gasteiger charge is 2.21. The van der Waals surface area contributed by atoms with E-state index >= 15 is 0 Å². The van der Waals surface area contributed by atoms with E-state index in [9.17, 15) is 9.59 Å². The number of aromatic amines is 1. The van der Waals surface area contributed by atoms with Crippen LogP contribution in [0.15, 0.2) is 4.79 Å². The molecule has 0 bridgehead atoms. The molecule has 0 saturated carbocycles. The number of aryl methyl sites for hydroxylation is 1. The van der Waals surface area contributed by atoms with Crippen molar-refractivity contribution in [1.29, 1.82) is 0 Å². The SMILES string of the molecule is CC(=O)N1CCN(c2nc(=O)[nH]nc2C)CC1. The third kappa shape index (κ3) is 2.43. The maximum absolute atomic E-state index is 11.2. The van der Waals surface area contributed by atoms with Gasteiger partial charge in [-0.25, -0.2) is 9.89 Å². The number of hydrogen-bond acceptors (Lipinski definition) is 5. The molecule has 7 heteroatoms. The highest BCUT2D eigenvalue weighted by atomic mass is 16.2. The summed E-state index contributed by atoms with van der Waals surface area (Å²) >= 11 is 0. The van der Waals surface area contributed by atoms with Crippen molar-refractivity contribution in [2.24, 2.45) is 0 Å². The van der Waals surface area contributed by atoms with Crippen LogP contribution in [0.25, 0.3) is 0 Å². The van der Waals surface area contributed by atoms with Crippen molar-refractivity contribution in [3.8, 4) is 0 Å². The quantitative estimate of drug-likeness (QED) is 0.687. The number of nitrogens with one attached hydrogen (secondary N) is 1. The number of hydrogen-bond donors (Lipinski definition) is 1. The van der Waals surface area contributed by atoms with Crippen LogP contribution in [-0.4, -0.2) is 52.2 Å². The van der Waals surface area contributed by atoms with Crippen molar-refractivity contribution in [3.63, 3.8) is 0 Å². The summed E-state index contributed by atoms with van der Waals surface area (Å²) in [4.78, 5) is 30.0. The Morgan fingerprint density at radius 3 is 2.53 bits per heavy atom. The summed E-state index contributed by atoms with van der Waals surface area (Å²) < 4.78 is 0. The van der Waals surface area contributed by atoms with E-state index in [1.54, 1.807) is 18.7 Å². The molecule has 0 radical (unpaired) electrons. The number of piperazine rings is 1. The number of carbonyl (C=O) groups excluding carboxylic acids is 1. The van der Waals surface area contributed by atoms with Crippen LogP contribution < -0.4 is 10.6 Å². The third-order valence-corrected chi connectivity index (χ3v) is 2.87. The van der Waals surface area contributed by atoms with E-state index in [1.807, 2.05) is 4.90 Å². The summed E-state index contributed by atoms with van der Waals surface area (Å²) in [6.45, 7) is 6.03. The molecular formula is C10H15N5O2. The Kier molecular flexibility index (Phi) is 3.08. The van der Waals surface area contributed by atoms with Gasteiger partial charge >= 0.3 is 5.69 Å². The molecule has 0 aromatic carbocycles. The van der Waals surface area contributed by atoms with E-state index in [0.717, 1.165) is 0 Å². The van der Waals surface area contributed by atoms with Crippen LogP contribution in [0.5, 0.6) is 0 Å². The predicted octanol–water partition coefficient (Wildman–Crippen LogP) is -0.858. The Morgan fingerprint density at radius 2 is 1.94 bits per heavy atom. The van der Waals surface area contributed by atoms with Gasteiger partial charge in [0.2, 0.25) is 5.91 Å². The van der Waals surface area contributed by atoms with E-state index < -0.39 is 5.69 Å². The molecule has 0 aliphatic carbocycles. The van der Waals surface area contributed by atoms with Crippen LogP contribution in [0.3, 0.4) is 0 Å². The van der Waals surface area contributed by atoms with Crippen LogP contribution in [0, 0.1) is 6.92 Å². The first kappa shape index (κ1) is 11.6. The standard InChI is InChI=1S/C10H15N5O2/c1-7-9(11-10(17)13-12-7)15-5-3-14(4-6-15)8(2)16/h3-6H2,1-2H3,(H,11,13,17). The molecule has 1 saturated heterocycles. The topological polar surface area (TPSA) is 82.2 Å². The number of carbonyl (C=O) groups is 1. The van der Waals surface area contributed by atoms with Crippen LogP contribution >= 0.6 is 0 Å². The van der Waals surface area contributed by atoms with Crippen molar-refractivity contribution in [1.82, 2.24) is 20.1 Å². The molecule has 2 rings (SSSR count). The zero-order chi connectivity index (χ0) is 12.4. The molecule has 1 aromatic rings. The van der Waals surface area contributed by atoms with E-state index in [0.29, 0.717) is 37.7 Å². The Morgan fingerprint density at radius 1 is 1.29 bits per heavy atom. The minimum atomic E-state index is -0.445. The van der Waals surface area contributed by atoms with Gasteiger partial charge in [-0.2, -0.15) is 10.1 Å². The number of H-pyrrole nitrogens is 1. The lowest BCUT2D eigenvalue weighted by Gasteiger charge is -2.35. The molecule has 1 aliphatic heterocycles. The summed E-state index contributed by atoms with van der Waals surface area (Å²) in [5.74, 6) is 0.690. The van der Waals surface area contributed by atoms with Crippen molar-refractivity contribution in [2.75, 3.05) is 31.1 Å². The zero-order valence-electron chi connectivity index (χ0n) is 9.93. The van der Waals surface area contributed by atoms with E-state index in [1.165, 1.54) is 0 Å². The first-order valence-corrected chi connectivity index (χ1v) is 5.51. The second kappa shape index (κ2) is 4.52. The van der Waals surface area contributed by atoms with E-state index in [4.69, 9.17) is 0 Å². The lowest BCUT2D eigenvalue weighted by molar-refractivity contribution is -0.129. The summed E-state index contributed by atoms with van der Waals surface area (Å²) in [5.41, 5.74) is 0.250. The molecule has 0 spiro atoms. The van der Waals surface area contributed by atoms with E-state index in [-0.39, 0.29) is 5.91 Å². The maximum atomic E-state index is 11.2. The molecule has 2 heterocycles. The molecule has 92 valence electrons. The molecule has 1 amide bonds. The van der Waals surface area contributed by atoms with Crippen molar-refractivity contribution in [3.05, 3.63) is 16.2 Å². The summed E-state index contributed by atoms with van der Waals surface area (Å²) in [7, 11) is 0. The number of nitrogens with zero attached hydrogens (tertiary/aromatic N) is 4. The maximum Gasteiger partial charge on any atom is 0.363 e. The number of aromatic nitrogens is 3. The Hall–Kier alpha value is -1.92. The van der Waals surface area contributed by atoms with E-state index in [2.05, 4.69) is 15.2 Å². The van der Waals surface area contributed by atoms with Crippen molar-refractivity contribution in [2.45, 2.75) is 13.8 Å². The fourth-order valence-electron chi connectivity index (χ4n) is 1.92. The largest absolute Gasteiger partial charge is 0.363 e. The number of rotatable bonds is 1. The van der Waals surface area contributed by atoms with Crippen LogP contribution in [0.1, 0.15) is 12.6 Å². The minimum absolute atomic E-state index is 0.0818. The number of amides is 1. The van der Waals surface area contributed by atoms with Gasteiger partial charge in [0.25, 0.3) is 0 Å². The average Bonchev–Trinajstić information content (AvgIpc) is 2.32. The highest BCUT2D eigenvalue weighted by molar-refractivity contribution is 5.73. The molecule has 0 atom stereocenters. The molecular weight excluding hydrogens is 222 g/mol. The lowest BCUT2D eigenvalue weighted by Crippen LogP contribution is -2.49. The molecule has 1 N–H and O–H groups in total. The van der Waals surface area contributed by atoms with Gasteiger partial charge in [-0.15, -0.1) is 0 Å². The minimum Gasteiger partial charge on any atom is -0.351 e. The summed E-state index contributed by atoms with van der Waals surface area (Å²) in [6, 6.07) is 0. The predicted molar refractivity (Wildman–Crippen MR) is 61.9 cm³/mol. The Bertz CT molecular complexity index is 476. The second-order valence-electron chi connectivity index (χ2n) is 4.04. The van der Waals surface area contributed by atoms with Crippen molar-refractivity contribution < 1.29 is 4.79 Å². The first-order chi connectivity index (χ1) is 8.08. The van der Waals surface area contributed by atoms with Crippen LogP contribution in [0.4, 0.5) is 5.82 Å². The van der Waals surface area contributed by atoms with Gasteiger partial charge in [-0.05, 0) is 6.92 Å². The van der Waals surface area contributed by atoms with Gasteiger partial charge in [-0.1, -0.05) is 0 Å². The van der Waals surface area contributed by atoms with Gasteiger partial charge in [0.1, 0.15) is 5.69 Å². The fourth-order valence-corrected chi connectivity index (χ4v) is 1.92. The normalized spacial score (nSPS) is 16.1. The smallest absolute Gasteiger partial charge is 0.351 e. The highest BCUT2D eigenvalue weighted by Crippen LogP contribution is 2.14.